The van der Waals surface area contributed by atoms with Crippen LogP contribution in [0, 0.1) is 5.41 Å². The summed E-state index contributed by atoms with van der Waals surface area (Å²) < 4.78 is 0. The van der Waals surface area contributed by atoms with Gasteiger partial charge in [0.2, 0.25) is 0 Å². The van der Waals surface area contributed by atoms with E-state index >= 15 is 0 Å². The molecule has 0 radical (unpaired) electrons. The lowest BCUT2D eigenvalue weighted by Gasteiger charge is -2.25. The molecular weight excluding hydrogens is 218 g/mol. The molecule has 0 aliphatic heterocycles. The summed E-state index contributed by atoms with van der Waals surface area (Å²) in [5.41, 5.74) is -0.252. The Balaban J connectivity index is 2.36. The van der Waals surface area contributed by atoms with E-state index in [0.717, 1.165) is 0 Å². The topological polar surface area (TPSA) is 74.2 Å². The lowest BCUT2D eigenvalue weighted by molar-refractivity contribution is 0.0654. The van der Waals surface area contributed by atoms with Crippen molar-refractivity contribution >= 4 is 11.8 Å². The molecule has 5 nitrogen and oxygen atoms in total. The summed E-state index contributed by atoms with van der Waals surface area (Å²) >= 11 is 0. The molecule has 0 bridgehead atoms. The number of pyridine rings is 1. The normalized spacial score (nSPS) is 12.9. The third-order valence-electron chi connectivity index (χ3n) is 2.36. The van der Waals surface area contributed by atoms with Crippen LogP contribution in [0.5, 0.6) is 0 Å². The molecule has 1 unspecified atom stereocenters. The molecule has 0 fully saturated rings. The van der Waals surface area contributed by atoms with E-state index in [4.69, 9.17) is 0 Å². The van der Waals surface area contributed by atoms with Crippen molar-refractivity contribution in [1.82, 2.24) is 10.3 Å². The Kier molecular flexibility index (Phi) is 4.45. The smallest absolute Gasteiger partial charge is 0.320 e. The zero-order chi connectivity index (χ0) is 12.9. The van der Waals surface area contributed by atoms with E-state index in [1.165, 1.54) is 0 Å². The number of rotatable bonds is 3. The Hall–Kier alpha value is -1.62. The highest BCUT2D eigenvalue weighted by molar-refractivity contribution is 5.88. The average Bonchev–Trinajstić information content (AvgIpc) is 2.26. The quantitative estimate of drug-likeness (QED) is 0.747. The summed E-state index contributed by atoms with van der Waals surface area (Å²) in [5.74, 6) is 0.482. The molecular formula is C12H19N3O2. The van der Waals surface area contributed by atoms with Crippen molar-refractivity contribution in [2.24, 2.45) is 5.41 Å². The Morgan fingerprint density at radius 3 is 2.71 bits per heavy atom. The van der Waals surface area contributed by atoms with Gasteiger partial charge in [-0.05, 0) is 17.5 Å². The van der Waals surface area contributed by atoms with Gasteiger partial charge in [-0.2, -0.15) is 0 Å². The summed E-state index contributed by atoms with van der Waals surface area (Å²) in [6.45, 7) is 5.95. The summed E-state index contributed by atoms with van der Waals surface area (Å²) in [7, 11) is 0. The predicted octanol–water partition coefficient (Wildman–Crippen LogP) is 1.61. The van der Waals surface area contributed by atoms with Crippen molar-refractivity contribution < 1.29 is 9.90 Å². The molecule has 17 heavy (non-hydrogen) atoms. The van der Waals surface area contributed by atoms with Crippen LogP contribution >= 0.6 is 0 Å². The minimum absolute atomic E-state index is 0.210. The fraction of sp³-hybridized carbons (Fsp3) is 0.500. The molecule has 0 aliphatic rings. The first-order valence-electron chi connectivity index (χ1n) is 5.53. The number of nitrogens with zero attached hydrogens (tertiary/aromatic N) is 1. The fourth-order valence-corrected chi connectivity index (χ4v) is 1.09. The number of aromatic nitrogens is 1. The van der Waals surface area contributed by atoms with E-state index in [-0.39, 0.29) is 18.0 Å². The average molecular weight is 237 g/mol. The maximum absolute atomic E-state index is 11.5. The minimum Gasteiger partial charge on any atom is -0.391 e. The zero-order valence-electron chi connectivity index (χ0n) is 10.4. The van der Waals surface area contributed by atoms with Crippen LogP contribution < -0.4 is 10.6 Å². The third kappa shape index (κ3) is 4.82. The number of amides is 2. The number of aliphatic hydroxyl groups excluding tert-OH is 1. The molecule has 0 aromatic carbocycles. The van der Waals surface area contributed by atoms with Gasteiger partial charge in [-0.1, -0.05) is 26.8 Å². The van der Waals surface area contributed by atoms with Crippen LogP contribution in [0.25, 0.3) is 0 Å². The van der Waals surface area contributed by atoms with Crippen LogP contribution in [-0.2, 0) is 0 Å². The Morgan fingerprint density at radius 2 is 2.18 bits per heavy atom. The highest BCUT2D eigenvalue weighted by atomic mass is 16.3. The number of anilines is 1. The summed E-state index contributed by atoms with van der Waals surface area (Å²) in [6.07, 6.45) is 1.01. The lowest BCUT2D eigenvalue weighted by atomic mass is 9.89. The van der Waals surface area contributed by atoms with Gasteiger partial charge >= 0.3 is 6.03 Å². The monoisotopic (exact) mass is 237 g/mol. The molecule has 1 aromatic rings. The summed E-state index contributed by atoms with van der Waals surface area (Å²) in [6, 6.07) is 4.88. The highest BCUT2D eigenvalue weighted by Gasteiger charge is 2.22. The summed E-state index contributed by atoms with van der Waals surface area (Å²) in [4.78, 5) is 15.4. The standard InChI is InChI=1S/C12H19N3O2/c1-12(2,3)9(16)8-14-11(17)15-10-6-4-5-7-13-10/h4-7,9,16H,8H2,1-3H3,(H2,13,14,15,17). The second kappa shape index (κ2) is 5.63. The van der Waals surface area contributed by atoms with Crippen molar-refractivity contribution in [2.75, 3.05) is 11.9 Å². The van der Waals surface area contributed by atoms with E-state index in [9.17, 15) is 9.90 Å². The second-order valence-electron chi connectivity index (χ2n) is 4.93. The van der Waals surface area contributed by atoms with Crippen LogP contribution in [0.2, 0.25) is 0 Å². The van der Waals surface area contributed by atoms with Crippen molar-refractivity contribution in [2.45, 2.75) is 26.9 Å². The molecule has 1 atom stereocenters. The first kappa shape index (κ1) is 13.4. The van der Waals surface area contributed by atoms with E-state index < -0.39 is 6.10 Å². The van der Waals surface area contributed by atoms with Crippen LogP contribution in [-0.4, -0.2) is 28.8 Å². The van der Waals surface area contributed by atoms with Gasteiger partial charge in [0.05, 0.1) is 6.10 Å². The van der Waals surface area contributed by atoms with Gasteiger partial charge in [-0.15, -0.1) is 0 Å². The van der Waals surface area contributed by atoms with Crippen LogP contribution in [0.15, 0.2) is 24.4 Å². The maximum Gasteiger partial charge on any atom is 0.320 e. The molecule has 1 heterocycles. The number of aliphatic hydroxyl groups is 1. The molecule has 0 aliphatic carbocycles. The van der Waals surface area contributed by atoms with E-state index in [2.05, 4.69) is 15.6 Å². The van der Waals surface area contributed by atoms with Crippen LogP contribution in [0.4, 0.5) is 10.6 Å². The van der Waals surface area contributed by atoms with Crippen molar-refractivity contribution in [3.05, 3.63) is 24.4 Å². The number of carbonyl (C=O) groups is 1. The Morgan fingerprint density at radius 1 is 1.47 bits per heavy atom. The first-order valence-corrected chi connectivity index (χ1v) is 5.53. The minimum atomic E-state index is -0.586. The van der Waals surface area contributed by atoms with Crippen molar-refractivity contribution in [3.63, 3.8) is 0 Å². The van der Waals surface area contributed by atoms with Gasteiger partial charge in [0.25, 0.3) is 0 Å². The molecule has 1 rings (SSSR count). The van der Waals surface area contributed by atoms with Gasteiger partial charge < -0.3 is 10.4 Å². The Bertz CT molecular complexity index is 360. The number of hydrogen-bond donors (Lipinski definition) is 3. The second-order valence-corrected chi connectivity index (χ2v) is 4.93. The maximum atomic E-state index is 11.5. The van der Waals surface area contributed by atoms with Gasteiger partial charge in [-0.25, -0.2) is 9.78 Å². The zero-order valence-corrected chi connectivity index (χ0v) is 10.4. The van der Waals surface area contributed by atoms with Crippen molar-refractivity contribution in [1.29, 1.82) is 0 Å². The Labute approximate surface area is 101 Å². The largest absolute Gasteiger partial charge is 0.391 e. The number of nitrogens with one attached hydrogen (secondary N) is 2. The van der Waals surface area contributed by atoms with Crippen LogP contribution in [0.3, 0.4) is 0 Å². The highest BCUT2D eigenvalue weighted by Crippen LogP contribution is 2.18. The lowest BCUT2D eigenvalue weighted by Crippen LogP contribution is -2.40. The number of urea groups is 1. The predicted molar refractivity (Wildman–Crippen MR) is 66.7 cm³/mol. The number of hydrogen-bond acceptors (Lipinski definition) is 3. The first-order chi connectivity index (χ1) is 7.89. The molecule has 0 saturated carbocycles. The van der Waals surface area contributed by atoms with Crippen LogP contribution in [0.1, 0.15) is 20.8 Å². The molecule has 0 saturated heterocycles. The van der Waals surface area contributed by atoms with E-state index in [0.29, 0.717) is 5.82 Å². The molecule has 3 N–H and O–H groups in total. The molecule has 5 heteroatoms. The van der Waals surface area contributed by atoms with E-state index in [1.54, 1.807) is 24.4 Å². The third-order valence-corrected chi connectivity index (χ3v) is 2.36. The van der Waals surface area contributed by atoms with Gasteiger partial charge in [-0.3, -0.25) is 5.32 Å². The van der Waals surface area contributed by atoms with Crippen molar-refractivity contribution in [3.8, 4) is 0 Å². The van der Waals surface area contributed by atoms with Gasteiger partial charge in [0.1, 0.15) is 5.82 Å². The summed E-state index contributed by atoms with van der Waals surface area (Å²) in [5, 5.41) is 14.9. The van der Waals surface area contributed by atoms with Gasteiger partial charge in [0, 0.05) is 12.7 Å². The SMILES string of the molecule is CC(C)(C)C(O)CNC(=O)Nc1ccccn1. The fourth-order valence-electron chi connectivity index (χ4n) is 1.09. The molecule has 1 aromatic heterocycles. The molecule has 0 spiro atoms. The number of carbonyl (C=O) groups excluding carboxylic acids is 1. The molecule has 2 amide bonds. The van der Waals surface area contributed by atoms with E-state index in [1.807, 2.05) is 20.8 Å². The van der Waals surface area contributed by atoms with Gasteiger partial charge in [0.15, 0.2) is 0 Å². The molecule has 94 valence electrons.